The van der Waals surface area contributed by atoms with Gasteiger partial charge in [-0.15, -0.1) is 0 Å². The molecule has 8 nitrogen and oxygen atoms in total. The predicted molar refractivity (Wildman–Crippen MR) is 130 cm³/mol. The summed E-state index contributed by atoms with van der Waals surface area (Å²) < 4.78 is 5.28. The van der Waals surface area contributed by atoms with Gasteiger partial charge in [0, 0.05) is 29.8 Å². The maximum atomic E-state index is 13.6. The van der Waals surface area contributed by atoms with Crippen molar-refractivity contribution in [2.45, 2.75) is 63.5 Å². The summed E-state index contributed by atoms with van der Waals surface area (Å²) in [5.41, 5.74) is 1.02. The summed E-state index contributed by atoms with van der Waals surface area (Å²) in [5.74, 6) is -0.0751. The van der Waals surface area contributed by atoms with Crippen molar-refractivity contribution in [2.24, 2.45) is 11.3 Å². The van der Waals surface area contributed by atoms with Crippen LogP contribution in [0.5, 0.6) is 5.75 Å². The second kappa shape index (κ2) is 9.19. The molecule has 3 atom stereocenters. The summed E-state index contributed by atoms with van der Waals surface area (Å²) in [7, 11) is 1.54. The van der Waals surface area contributed by atoms with E-state index in [1.807, 2.05) is 0 Å². The molecule has 5 rings (SSSR count). The van der Waals surface area contributed by atoms with E-state index in [4.69, 9.17) is 16.3 Å². The normalized spacial score (nSPS) is 23.8. The number of benzene rings is 1. The molecule has 2 aliphatic carbocycles. The summed E-state index contributed by atoms with van der Waals surface area (Å²) in [5, 5.41) is 13.6. The highest BCUT2D eigenvalue weighted by atomic mass is 35.5. The number of ketones is 1. The molecular formula is C26H29ClN4O4. The number of nitrogens with zero attached hydrogens (tertiary/aromatic N) is 2. The van der Waals surface area contributed by atoms with Crippen LogP contribution < -0.4 is 10.1 Å². The highest BCUT2D eigenvalue weighted by molar-refractivity contribution is 6.37. The van der Waals surface area contributed by atoms with Crippen LogP contribution in [0.4, 0.5) is 0 Å². The molecule has 1 aromatic carbocycles. The number of likely N-dealkylation sites (tertiary alicyclic amines) is 1. The lowest BCUT2D eigenvalue weighted by Crippen LogP contribution is -2.49. The number of ether oxygens (including phenoxy) is 1. The molecule has 2 heterocycles. The summed E-state index contributed by atoms with van der Waals surface area (Å²) in [6, 6.07) is 5.98. The Morgan fingerprint density at radius 2 is 2.17 bits per heavy atom. The van der Waals surface area contributed by atoms with Gasteiger partial charge >= 0.3 is 0 Å². The Kier molecular flexibility index (Phi) is 6.22. The molecule has 184 valence electrons. The van der Waals surface area contributed by atoms with Crippen LogP contribution in [0.2, 0.25) is 5.02 Å². The van der Waals surface area contributed by atoms with E-state index in [0.29, 0.717) is 53.2 Å². The topological polar surface area (TPSA) is 115 Å². The highest BCUT2D eigenvalue weighted by Crippen LogP contribution is 2.50. The highest BCUT2D eigenvalue weighted by Gasteiger charge is 2.52. The summed E-state index contributed by atoms with van der Waals surface area (Å²) in [6.07, 6.45) is 6.10. The summed E-state index contributed by atoms with van der Waals surface area (Å²) >= 11 is 6.44. The average Bonchev–Trinajstić information content (AvgIpc) is 3.55. The van der Waals surface area contributed by atoms with Crippen molar-refractivity contribution in [1.29, 1.82) is 5.26 Å². The van der Waals surface area contributed by atoms with Gasteiger partial charge in [-0.3, -0.25) is 14.4 Å². The molecular weight excluding hydrogens is 468 g/mol. The van der Waals surface area contributed by atoms with Gasteiger partial charge in [-0.1, -0.05) is 18.0 Å². The molecule has 1 unspecified atom stereocenters. The van der Waals surface area contributed by atoms with E-state index in [2.05, 4.69) is 16.4 Å². The van der Waals surface area contributed by atoms with Crippen molar-refractivity contribution in [3.63, 3.8) is 0 Å². The number of hydrogen-bond acceptors (Lipinski definition) is 5. The number of H-pyrrole nitrogens is 1. The number of Topliss-reactive ketones (excluding diaryl/α,β-unsaturated/α-hetero) is 1. The van der Waals surface area contributed by atoms with Gasteiger partial charge in [0.25, 0.3) is 5.91 Å². The number of aromatic nitrogens is 1. The number of nitriles is 1. The molecule has 0 radical (unpaired) electrons. The molecule has 0 bridgehead atoms. The molecule has 1 aromatic heterocycles. The lowest BCUT2D eigenvalue weighted by atomic mass is 9.67. The number of amides is 2. The van der Waals surface area contributed by atoms with Crippen molar-refractivity contribution in [2.75, 3.05) is 13.7 Å². The monoisotopic (exact) mass is 496 g/mol. The van der Waals surface area contributed by atoms with Crippen LogP contribution >= 0.6 is 11.6 Å². The van der Waals surface area contributed by atoms with E-state index in [1.165, 1.54) is 7.11 Å². The minimum atomic E-state index is -0.746. The first kappa shape index (κ1) is 23.7. The van der Waals surface area contributed by atoms with Crippen molar-refractivity contribution >= 4 is 40.1 Å². The average molecular weight is 497 g/mol. The number of nitrogens with one attached hydrogen (secondary N) is 2. The SMILES string of the molecule is COc1ccc2[nH]c(C(=O)N3CC4(CCC4)CC3C(=O)N[C@H](C#N)C[C@@H]3CCCC3=O)cc2c1Cl. The third kappa shape index (κ3) is 4.27. The fraction of sp³-hybridized carbons (Fsp3) is 0.538. The lowest BCUT2D eigenvalue weighted by Gasteiger charge is -2.37. The minimum absolute atomic E-state index is 0.0475. The Bertz CT molecular complexity index is 1230. The summed E-state index contributed by atoms with van der Waals surface area (Å²) in [4.78, 5) is 43.8. The lowest BCUT2D eigenvalue weighted by molar-refractivity contribution is -0.126. The van der Waals surface area contributed by atoms with Crippen LogP contribution in [-0.2, 0) is 9.59 Å². The molecule has 2 saturated carbocycles. The molecule has 2 amide bonds. The third-order valence-corrected chi connectivity index (χ3v) is 8.45. The number of fused-ring (bicyclic) bond motifs is 1. The fourth-order valence-electron chi connectivity index (χ4n) is 5.95. The van der Waals surface area contributed by atoms with Gasteiger partial charge in [-0.05, 0) is 62.1 Å². The van der Waals surface area contributed by atoms with Gasteiger partial charge < -0.3 is 19.9 Å². The first-order chi connectivity index (χ1) is 16.8. The maximum absolute atomic E-state index is 13.6. The largest absolute Gasteiger partial charge is 0.495 e. The second-order valence-electron chi connectivity index (χ2n) is 10.2. The van der Waals surface area contributed by atoms with Crippen molar-refractivity contribution < 1.29 is 19.1 Å². The van der Waals surface area contributed by atoms with E-state index < -0.39 is 12.1 Å². The molecule has 2 N–H and O–H groups in total. The van der Waals surface area contributed by atoms with Gasteiger partial charge in [0.15, 0.2) is 0 Å². The van der Waals surface area contributed by atoms with Crippen LogP contribution in [0.15, 0.2) is 18.2 Å². The smallest absolute Gasteiger partial charge is 0.271 e. The Morgan fingerprint density at radius 3 is 2.80 bits per heavy atom. The third-order valence-electron chi connectivity index (χ3n) is 8.06. The van der Waals surface area contributed by atoms with Crippen LogP contribution in [0.3, 0.4) is 0 Å². The number of halogens is 1. The van der Waals surface area contributed by atoms with Gasteiger partial charge in [-0.2, -0.15) is 5.26 Å². The quantitative estimate of drug-likeness (QED) is 0.627. The molecule has 9 heteroatoms. The number of carbonyl (C=O) groups excluding carboxylic acids is 3. The number of aromatic amines is 1. The second-order valence-corrected chi connectivity index (χ2v) is 10.6. The van der Waals surface area contributed by atoms with E-state index >= 15 is 0 Å². The maximum Gasteiger partial charge on any atom is 0.271 e. The number of hydrogen-bond donors (Lipinski definition) is 2. The zero-order chi connectivity index (χ0) is 24.7. The number of methoxy groups -OCH3 is 1. The van der Waals surface area contributed by atoms with E-state index in [0.717, 1.165) is 32.1 Å². The molecule has 2 aromatic rings. The molecule has 1 spiro atoms. The molecule has 1 saturated heterocycles. The van der Waals surface area contributed by atoms with Crippen LogP contribution in [0.25, 0.3) is 10.9 Å². The Labute approximate surface area is 208 Å². The molecule has 35 heavy (non-hydrogen) atoms. The number of carbonyl (C=O) groups is 3. The Morgan fingerprint density at radius 1 is 1.37 bits per heavy atom. The predicted octanol–water partition coefficient (Wildman–Crippen LogP) is 3.98. The van der Waals surface area contributed by atoms with E-state index in [1.54, 1.807) is 23.1 Å². The fourth-order valence-corrected chi connectivity index (χ4v) is 6.25. The first-order valence-electron chi connectivity index (χ1n) is 12.2. The Hall–Kier alpha value is -3.05. The van der Waals surface area contributed by atoms with Crippen molar-refractivity contribution in [1.82, 2.24) is 15.2 Å². The molecule has 3 fully saturated rings. The van der Waals surface area contributed by atoms with Gasteiger partial charge in [0.05, 0.1) is 18.2 Å². The number of rotatable bonds is 6. The van der Waals surface area contributed by atoms with Crippen LogP contribution in [-0.4, -0.2) is 53.2 Å². The van der Waals surface area contributed by atoms with Gasteiger partial charge in [0.1, 0.15) is 29.3 Å². The first-order valence-corrected chi connectivity index (χ1v) is 12.6. The summed E-state index contributed by atoms with van der Waals surface area (Å²) in [6.45, 7) is 0.509. The Balaban J connectivity index is 1.37. The zero-order valence-electron chi connectivity index (χ0n) is 19.7. The van der Waals surface area contributed by atoms with E-state index in [-0.39, 0.29) is 28.9 Å². The molecule has 1 aliphatic heterocycles. The van der Waals surface area contributed by atoms with Crippen LogP contribution in [0.1, 0.15) is 61.9 Å². The zero-order valence-corrected chi connectivity index (χ0v) is 20.5. The van der Waals surface area contributed by atoms with Gasteiger partial charge in [0.2, 0.25) is 5.91 Å². The standard InChI is InChI=1S/C26H29ClN4O4/c1-35-22-7-6-18-17(23(22)27)11-19(30-18)25(34)31-14-26(8-3-9-26)12-20(31)24(33)29-16(13-28)10-15-4-2-5-21(15)32/h6-7,11,15-16,20,30H,2-5,8-10,12,14H2,1H3,(H,29,33)/t15-,16-,20?/m0/s1. The van der Waals surface area contributed by atoms with Gasteiger partial charge in [-0.25, -0.2) is 0 Å². The van der Waals surface area contributed by atoms with E-state index in [9.17, 15) is 19.6 Å². The van der Waals surface area contributed by atoms with Crippen molar-refractivity contribution in [3.8, 4) is 11.8 Å². The van der Waals surface area contributed by atoms with Crippen LogP contribution in [0, 0.1) is 22.7 Å². The minimum Gasteiger partial charge on any atom is -0.495 e. The molecule has 3 aliphatic rings. The van der Waals surface area contributed by atoms with Crippen molar-refractivity contribution in [3.05, 3.63) is 28.9 Å².